The van der Waals surface area contributed by atoms with Crippen molar-refractivity contribution in [1.82, 2.24) is 0 Å². The van der Waals surface area contributed by atoms with Crippen LogP contribution in [0.25, 0.3) is 0 Å². The summed E-state index contributed by atoms with van der Waals surface area (Å²) in [7, 11) is 0. The van der Waals surface area contributed by atoms with Crippen LogP contribution in [0.5, 0.6) is 0 Å². The minimum Gasteiger partial charge on any atom is -0.453 e. The molecule has 0 heterocycles. The SMILES string of the molecule is CC(OC(=O)CCSc1ccccc1)C(=O)Nc1c(Cl)cc(Cl)cc1Cl. The van der Waals surface area contributed by atoms with Crippen LogP contribution in [0.3, 0.4) is 0 Å². The van der Waals surface area contributed by atoms with Crippen molar-refractivity contribution >= 4 is 64.1 Å². The number of nitrogens with one attached hydrogen (secondary N) is 1. The zero-order valence-electron chi connectivity index (χ0n) is 13.8. The normalized spacial score (nSPS) is 11.7. The Morgan fingerprint density at radius 3 is 2.35 bits per heavy atom. The fourth-order valence-corrected chi connectivity index (χ4v) is 3.73. The third-order valence-corrected chi connectivity index (χ3v) is 5.08. The molecule has 1 N–H and O–H groups in total. The predicted octanol–water partition coefficient (Wildman–Crippen LogP) is 5.70. The molecule has 1 amide bonds. The molecule has 2 rings (SSSR count). The molecule has 0 saturated carbocycles. The Labute approximate surface area is 171 Å². The van der Waals surface area contributed by atoms with Gasteiger partial charge in [-0.1, -0.05) is 53.0 Å². The van der Waals surface area contributed by atoms with E-state index >= 15 is 0 Å². The molecule has 8 heteroatoms. The monoisotopic (exact) mass is 431 g/mol. The highest BCUT2D eigenvalue weighted by molar-refractivity contribution is 7.99. The van der Waals surface area contributed by atoms with E-state index in [1.807, 2.05) is 30.3 Å². The molecular weight excluding hydrogens is 417 g/mol. The summed E-state index contributed by atoms with van der Waals surface area (Å²) in [5.74, 6) is -0.420. The van der Waals surface area contributed by atoms with E-state index in [0.717, 1.165) is 4.90 Å². The summed E-state index contributed by atoms with van der Waals surface area (Å²) in [6.45, 7) is 1.48. The zero-order valence-corrected chi connectivity index (χ0v) is 16.9. The van der Waals surface area contributed by atoms with Crippen molar-refractivity contribution < 1.29 is 14.3 Å². The van der Waals surface area contributed by atoms with Crippen LogP contribution in [0.15, 0.2) is 47.4 Å². The molecule has 0 fully saturated rings. The van der Waals surface area contributed by atoms with Gasteiger partial charge in [-0.15, -0.1) is 11.8 Å². The Kier molecular flexibility index (Phi) is 8.10. The lowest BCUT2D eigenvalue weighted by Gasteiger charge is -2.15. The number of benzene rings is 2. The van der Waals surface area contributed by atoms with Gasteiger partial charge >= 0.3 is 5.97 Å². The molecule has 0 bridgehead atoms. The van der Waals surface area contributed by atoms with Gasteiger partial charge in [-0.3, -0.25) is 9.59 Å². The molecule has 1 unspecified atom stereocenters. The molecular formula is C18H16Cl3NO3S. The van der Waals surface area contributed by atoms with Gasteiger partial charge < -0.3 is 10.1 Å². The first kappa shape index (κ1) is 20.9. The third kappa shape index (κ3) is 6.40. The van der Waals surface area contributed by atoms with Crippen LogP contribution in [0.1, 0.15) is 13.3 Å². The summed E-state index contributed by atoms with van der Waals surface area (Å²) in [4.78, 5) is 25.2. The topological polar surface area (TPSA) is 55.4 Å². The number of carbonyl (C=O) groups excluding carboxylic acids is 2. The van der Waals surface area contributed by atoms with Gasteiger partial charge in [0.15, 0.2) is 6.10 Å². The number of anilines is 1. The number of halogens is 3. The average Bonchev–Trinajstić information content (AvgIpc) is 2.58. The van der Waals surface area contributed by atoms with Crippen LogP contribution in [0.4, 0.5) is 5.69 Å². The molecule has 1 atom stereocenters. The van der Waals surface area contributed by atoms with Crippen molar-refractivity contribution in [3.63, 3.8) is 0 Å². The van der Waals surface area contributed by atoms with Crippen molar-refractivity contribution in [3.05, 3.63) is 57.5 Å². The largest absolute Gasteiger partial charge is 0.453 e. The third-order valence-electron chi connectivity index (χ3n) is 3.25. The Hall–Kier alpha value is -1.40. The van der Waals surface area contributed by atoms with Gasteiger partial charge in [0.25, 0.3) is 5.91 Å². The number of hydrogen-bond acceptors (Lipinski definition) is 4. The summed E-state index contributed by atoms with van der Waals surface area (Å²) in [6.07, 6.45) is -0.786. The second-order valence-electron chi connectivity index (χ2n) is 5.28. The maximum absolute atomic E-state index is 12.2. The number of rotatable bonds is 7. The Balaban J connectivity index is 1.82. The minimum absolute atomic E-state index is 0.194. The standard InChI is InChI=1S/C18H16Cl3NO3S/c1-11(18(24)22-17-14(20)9-12(19)10-15(17)21)25-16(23)7-8-26-13-5-3-2-4-6-13/h2-6,9-11H,7-8H2,1H3,(H,22,24). The summed E-state index contributed by atoms with van der Waals surface area (Å²) < 4.78 is 5.15. The van der Waals surface area contributed by atoms with Crippen molar-refractivity contribution in [1.29, 1.82) is 0 Å². The van der Waals surface area contributed by atoms with E-state index in [9.17, 15) is 9.59 Å². The highest BCUT2D eigenvalue weighted by atomic mass is 35.5. The van der Waals surface area contributed by atoms with E-state index in [1.54, 1.807) is 11.8 Å². The Bertz CT molecular complexity index is 764. The molecule has 138 valence electrons. The van der Waals surface area contributed by atoms with Gasteiger partial charge in [-0.25, -0.2) is 0 Å². The lowest BCUT2D eigenvalue weighted by atomic mass is 10.3. The molecule has 2 aromatic carbocycles. The van der Waals surface area contributed by atoms with Crippen LogP contribution in [0.2, 0.25) is 15.1 Å². The van der Waals surface area contributed by atoms with E-state index in [4.69, 9.17) is 39.5 Å². The molecule has 0 saturated heterocycles. The average molecular weight is 433 g/mol. The van der Waals surface area contributed by atoms with Crippen LogP contribution in [0, 0.1) is 0 Å². The highest BCUT2D eigenvalue weighted by Gasteiger charge is 2.20. The van der Waals surface area contributed by atoms with Gasteiger partial charge in [-0.2, -0.15) is 0 Å². The number of ether oxygens (including phenoxy) is 1. The quantitative estimate of drug-likeness (QED) is 0.450. The van der Waals surface area contributed by atoms with E-state index in [1.165, 1.54) is 19.1 Å². The number of esters is 1. The van der Waals surface area contributed by atoms with Gasteiger partial charge in [0.2, 0.25) is 0 Å². The summed E-state index contributed by atoms with van der Waals surface area (Å²) in [5, 5.41) is 3.31. The lowest BCUT2D eigenvalue weighted by Crippen LogP contribution is -2.30. The van der Waals surface area contributed by atoms with Gasteiger partial charge in [0.05, 0.1) is 22.2 Å². The second-order valence-corrected chi connectivity index (χ2v) is 7.70. The van der Waals surface area contributed by atoms with Crippen molar-refractivity contribution in [3.8, 4) is 0 Å². The number of hydrogen-bond donors (Lipinski definition) is 1. The lowest BCUT2D eigenvalue weighted by molar-refractivity contribution is -0.152. The fraction of sp³-hybridized carbons (Fsp3) is 0.222. The van der Waals surface area contributed by atoms with Crippen molar-refractivity contribution in [2.24, 2.45) is 0 Å². The molecule has 0 aromatic heterocycles. The summed E-state index contributed by atoms with van der Waals surface area (Å²) in [6, 6.07) is 12.6. The highest BCUT2D eigenvalue weighted by Crippen LogP contribution is 2.33. The second kappa shape index (κ2) is 10.1. The molecule has 0 aliphatic heterocycles. The van der Waals surface area contributed by atoms with Gasteiger partial charge in [0, 0.05) is 15.7 Å². The number of carbonyl (C=O) groups is 2. The first-order valence-electron chi connectivity index (χ1n) is 7.69. The first-order chi connectivity index (χ1) is 12.4. The molecule has 26 heavy (non-hydrogen) atoms. The van der Waals surface area contributed by atoms with Crippen LogP contribution < -0.4 is 5.32 Å². The van der Waals surface area contributed by atoms with Crippen LogP contribution >= 0.6 is 46.6 Å². The van der Waals surface area contributed by atoms with E-state index in [0.29, 0.717) is 10.8 Å². The van der Waals surface area contributed by atoms with E-state index < -0.39 is 18.0 Å². The molecule has 0 aliphatic carbocycles. The number of thioether (sulfide) groups is 1. The molecule has 4 nitrogen and oxygen atoms in total. The first-order valence-corrected chi connectivity index (χ1v) is 9.81. The Morgan fingerprint density at radius 2 is 1.73 bits per heavy atom. The predicted molar refractivity (Wildman–Crippen MR) is 107 cm³/mol. The maximum Gasteiger partial charge on any atom is 0.307 e. The number of amides is 1. The van der Waals surface area contributed by atoms with Crippen LogP contribution in [-0.4, -0.2) is 23.7 Å². The fourth-order valence-electron chi connectivity index (χ4n) is 1.96. The minimum atomic E-state index is -0.980. The molecule has 0 aliphatic rings. The molecule has 0 spiro atoms. The zero-order chi connectivity index (χ0) is 19.1. The summed E-state index contributed by atoms with van der Waals surface area (Å²) >= 11 is 19.4. The van der Waals surface area contributed by atoms with Crippen LogP contribution in [-0.2, 0) is 14.3 Å². The van der Waals surface area contributed by atoms with Gasteiger partial charge in [-0.05, 0) is 31.2 Å². The molecule has 0 radical (unpaired) electrons. The molecule has 2 aromatic rings. The van der Waals surface area contributed by atoms with E-state index in [2.05, 4.69) is 5.32 Å². The maximum atomic E-state index is 12.2. The smallest absolute Gasteiger partial charge is 0.307 e. The van der Waals surface area contributed by atoms with Crippen molar-refractivity contribution in [2.45, 2.75) is 24.3 Å². The van der Waals surface area contributed by atoms with Gasteiger partial charge in [0.1, 0.15) is 0 Å². The summed E-state index contributed by atoms with van der Waals surface area (Å²) in [5.41, 5.74) is 0.227. The Morgan fingerprint density at radius 1 is 1.12 bits per heavy atom. The van der Waals surface area contributed by atoms with Crippen molar-refractivity contribution in [2.75, 3.05) is 11.1 Å². The van der Waals surface area contributed by atoms with E-state index in [-0.39, 0.29) is 22.2 Å².